The minimum atomic E-state index is -4.08. The minimum absolute atomic E-state index is 0.119. The zero-order chi connectivity index (χ0) is 19.9. The molecule has 2 aromatic carbocycles. The average Bonchev–Trinajstić information content (AvgIpc) is 2.99. The molecule has 0 spiro atoms. The molecule has 0 aliphatic carbocycles. The Balaban J connectivity index is 1.52. The van der Waals surface area contributed by atoms with E-state index in [1.165, 1.54) is 41.9 Å². The highest BCUT2D eigenvalue weighted by atomic mass is 32.2. The van der Waals surface area contributed by atoms with E-state index in [9.17, 15) is 18.0 Å². The Morgan fingerprint density at radius 3 is 2.61 bits per heavy atom. The molecule has 11 heteroatoms. The quantitative estimate of drug-likeness (QED) is 0.606. The highest BCUT2D eigenvalue weighted by Crippen LogP contribution is 2.30. The molecule has 1 aliphatic rings. The van der Waals surface area contributed by atoms with Crippen LogP contribution in [0.15, 0.2) is 50.5 Å². The second-order valence-electron chi connectivity index (χ2n) is 5.97. The number of benzene rings is 2. The number of sulfonamides is 1. The van der Waals surface area contributed by atoms with Gasteiger partial charge in [-0.2, -0.15) is 0 Å². The summed E-state index contributed by atoms with van der Waals surface area (Å²) in [6.07, 6.45) is 0. The maximum atomic E-state index is 12.4. The molecule has 0 bridgehead atoms. The van der Waals surface area contributed by atoms with Crippen molar-refractivity contribution in [1.82, 2.24) is 14.8 Å². The first kappa shape index (κ1) is 18.1. The van der Waals surface area contributed by atoms with Gasteiger partial charge >= 0.3 is 5.76 Å². The Kier molecular flexibility index (Phi) is 4.32. The zero-order valence-electron chi connectivity index (χ0n) is 14.6. The fourth-order valence-electron chi connectivity index (χ4n) is 2.71. The molecule has 0 atom stereocenters. The average molecular weight is 405 g/mol. The summed E-state index contributed by atoms with van der Waals surface area (Å²) >= 11 is 0. The number of carbonyl (C=O) groups excluding carboxylic acids is 1. The smallest absolute Gasteiger partial charge is 0.419 e. The van der Waals surface area contributed by atoms with Gasteiger partial charge in [0.15, 0.2) is 17.1 Å². The summed E-state index contributed by atoms with van der Waals surface area (Å²) in [5, 5.41) is 0. The predicted molar refractivity (Wildman–Crippen MR) is 96.7 cm³/mol. The second-order valence-corrected chi connectivity index (χ2v) is 7.66. The van der Waals surface area contributed by atoms with Crippen molar-refractivity contribution in [2.45, 2.75) is 4.90 Å². The van der Waals surface area contributed by atoms with Crippen molar-refractivity contribution in [1.29, 1.82) is 0 Å². The second kappa shape index (κ2) is 6.69. The Hall–Kier alpha value is -3.31. The summed E-state index contributed by atoms with van der Waals surface area (Å²) in [5.74, 6) is -0.357. The lowest BCUT2D eigenvalue weighted by molar-refractivity contribution is 0.0944. The predicted octanol–water partition coefficient (Wildman–Crippen LogP) is 0.526. The topological polar surface area (TPSA) is 129 Å². The largest absolute Gasteiger partial charge is 0.486 e. The maximum Gasteiger partial charge on any atom is 0.419 e. The van der Waals surface area contributed by atoms with E-state index in [0.717, 1.165) is 0 Å². The maximum absolute atomic E-state index is 12.4. The van der Waals surface area contributed by atoms with Crippen LogP contribution >= 0.6 is 0 Å². The van der Waals surface area contributed by atoms with Crippen LogP contribution in [-0.4, -0.2) is 32.1 Å². The molecule has 0 saturated heterocycles. The summed E-state index contributed by atoms with van der Waals surface area (Å²) in [6.45, 7) is 0.785. The van der Waals surface area contributed by atoms with Crippen LogP contribution in [0.1, 0.15) is 10.4 Å². The summed E-state index contributed by atoms with van der Waals surface area (Å²) in [4.78, 5) is 25.6. The van der Waals surface area contributed by atoms with E-state index in [1.807, 2.05) is 4.83 Å². The summed E-state index contributed by atoms with van der Waals surface area (Å²) in [6, 6.07) is 8.47. The van der Waals surface area contributed by atoms with Gasteiger partial charge in [0.1, 0.15) is 13.2 Å². The molecule has 2 heterocycles. The first-order chi connectivity index (χ1) is 13.3. The first-order valence-corrected chi connectivity index (χ1v) is 9.65. The number of amides is 1. The summed E-state index contributed by atoms with van der Waals surface area (Å²) in [7, 11) is -2.58. The number of hydrogen-bond acceptors (Lipinski definition) is 7. The number of oxazole rings is 1. The van der Waals surface area contributed by atoms with Crippen molar-refractivity contribution in [3.63, 3.8) is 0 Å². The number of hydrogen-bond donors (Lipinski definition) is 2. The van der Waals surface area contributed by atoms with Gasteiger partial charge in [0, 0.05) is 18.7 Å². The number of rotatable bonds is 4. The van der Waals surface area contributed by atoms with Gasteiger partial charge in [0.25, 0.3) is 15.9 Å². The van der Waals surface area contributed by atoms with Crippen LogP contribution in [0, 0.1) is 0 Å². The molecule has 2 N–H and O–H groups in total. The molecular formula is C17H15N3O7S. The zero-order valence-corrected chi connectivity index (χ0v) is 15.4. The van der Waals surface area contributed by atoms with Gasteiger partial charge in [0.2, 0.25) is 0 Å². The van der Waals surface area contributed by atoms with Gasteiger partial charge in [-0.15, -0.1) is 4.83 Å². The Morgan fingerprint density at radius 1 is 1.07 bits per heavy atom. The summed E-state index contributed by atoms with van der Waals surface area (Å²) < 4.78 is 41.9. The van der Waals surface area contributed by atoms with Crippen molar-refractivity contribution in [2.24, 2.45) is 7.05 Å². The molecule has 10 nitrogen and oxygen atoms in total. The number of nitrogens with zero attached hydrogens (tertiary/aromatic N) is 1. The normalized spacial score (nSPS) is 13.5. The van der Waals surface area contributed by atoms with Crippen LogP contribution in [0.4, 0.5) is 0 Å². The molecule has 146 valence electrons. The standard InChI is InChI=1S/C17H15N3O7S/c1-20-12-4-3-11(9-14(12)27-17(20)22)28(23,24)19-18-16(21)10-2-5-13-15(8-10)26-7-6-25-13/h2-5,8-9,19H,6-7H2,1H3,(H,18,21). The molecule has 1 aromatic heterocycles. The molecule has 3 aromatic rings. The number of fused-ring (bicyclic) bond motifs is 2. The lowest BCUT2D eigenvalue weighted by Crippen LogP contribution is -2.41. The van der Waals surface area contributed by atoms with Crippen molar-refractivity contribution in [3.8, 4) is 11.5 Å². The van der Waals surface area contributed by atoms with E-state index >= 15 is 0 Å². The third-order valence-corrected chi connectivity index (χ3v) is 5.42. The van der Waals surface area contributed by atoms with Crippen molar-refractivity contribution >= 4 is 27.0 Å². The van der Waals surface area contributed by atoms with Crippen LogP contribution in [0.5, 0.6) is 11.5 Å². The molecule has 0 unspecified atom stereocenters. The molecule has 0 fully saturated rings. The van der Waals surface area contributed by atoms with Crippen LogP contribution in [-0.2, 0) is 17.1 Å². The van der Waals surface area contributed by atoms with Crippen LogP contribution in [0.3, 0.4) is 0 Å². The number of ether oxygens (including phenoxy) is 2. The third kappa shape index (κ3) is 3.21. The number of nitrogens with one attached hydrogen (secondary N) is 2. The fraction of sp³-hybridized carbons (Fsp3) is 0.176. The summed E-state index contributed by atoms with van der Waals surface area (Å²) in [5.41, 5.74) is 2.90. The van der Waals surface area contributed by atoms with Crippen molar-refractivity contribution in [3.05, 3.63) is 52.5 Å². The highest BCUT2D eigenvalue weighted by Gasteiger charge is 2.19. The monoisotopic (exact) mass is 405 g/mol. The molecule has 1 aliphatic heterocycles. The van der Waals surface area contributed by atoms with E-state index in [1.54, 1.807) is 6.07 Å². The molecule has 0 saturated carbocycles. The van der Waals surface area contributed by atoms with Gasteiger partial charge in [-0.05, 0) is 30.3 Å². The van der Waals surface area contributed by atoms with Crippen molar-refractivity contribution in [2.75, 3.05) is 13.2 Å². The van der Waals surface area contributed by atoms with E-state index in [4.69, 9.17) is 13.9 Å². The van der Waals surface area contributed by atoms with E-state index < -0.39 is 21.7 Å². The van der Waals surface area contributed by atoms with Gasteiger partial charge in [-0.3, -0.25) is 14.8 Å². The van der Waals surface area contributed by atoms with Gasteiger partial charge in [-0.25, -0.2) is 13.2 Å². The molecule has 0 radical (unpaired) electrons. The van der Waals surface area contributed by atoms with Crippen LogP contribution in [0.2, 0.25) is 0 Å². The van der Waals surface area contributed by atoms with Crippen molar-refractivity contribution < 1.29 is 27.1 Å². The first-order valence-electron chi connectivity index (χ1n) is 8.16. The Bertz CT molecular complexity index is 1240. The van der Waals surface area contributed by atoms with E-state index in [2.05, 4.69) is 5.43 Å². The lowest BCUT2D eigenvalue weighted by atomic mass is 10.2. The Morgan fingerprint density at radius 2 is 1.82 bits per heavy atom. The molecular weight excluding hydrogens is 390 g/mol. The molecule has 1 amide bonds. The fourth-order valence-corrected chi connectivity index (χ4v) is 3.56. The molecule has 4 rings (SSSR count). The van der Waals surface area contributed by atoms with E-state index in [0.29, 0.717) is 30.2 Å². The van der Waals surface area contributed by atoms with Gasteiger partial charge in [-0.1, -0.05) is 0 Å². The molecule has 28 heavy (non-hydrogen) atoms. The number of aromatic nitrogens is 1. The lowest BCUT2D eigenvalue weighted by Gasteiger charge is -2.18. The SMILES string of the molecule is Cn1c(=O)oc2cc(S(=O)(=O)NNC(=O)c3ccc4c(c3)OCCO4)ccc21. The Labute approximate surface area is 158 Å². The van der Waals surface area contributed by atoms with Gasteiger partial charge in [0.05, 0.1) is 10.4 Å². The number of hydrazine groups is 1. The van der Waals surface area contributed by atoms with Crippen LogP contribution in [0.25, 0.3) is 11.1 Å². The third-order valence-electron chi connectivity index (χ3n) is 4.18. The number of aryl methyl sites for hydroxylation is 1. The highest BCUT2D eigenvalue weighted by molar-refractivity contribution is 7.89. The van der Waals surface area contributed by atoms with Crippen LogP contribution < -0.4 is 25.5 Å². The van der Waals surface area contributed by atoms with E-state index in [-0.39, 0.29) is 16.0 Å². The van der Waals surface area contributed by atoms with Gasteiger partial charge < -0.3 is 13.9 Å². The minimum Gasteiger partial charge on any atom is -0.486 e. The number of carbonyl (C=O) groups is 1.